The molecule has 1 aliphatic heterocycles. The van der Waals surface area contributed by atoms with E-state index in [9.17, 15) is 31.2 Å². The van der Waals surface area contributed by atoms with Gasteiger partial charge in [-0.15, -0.1) is 0 Å². The molecule has 0 N–H and O–H groups in total. The first-order valence-corrected chi connectivity index (χ1v) is 12.0. The number of pyridine rings is 1. The molecule has 1 atom stereocenters. The fraction of sp³-hybridized carbons (Fsp3) is 0.174. The second-order valence-electron chi connectivity index (χ2n) is 7.74. The summed E-state index contributed by atoms with van der Waals surface area (Å²) in [4.78, 5) is 31.3. The fourth-order valence-corrected chi connectivity index (χ4v) is 4.58. The Kier molecular flexibility index (Phi) is 6.32. The third-order valence-corrected chi connectivity index (χ3v) is 7.35. The molecule has 3 aromatic rings. The van der Waals surface area contributed by atoms with E-state index in [1.54, 1.807) is 42.7 Å². The molecule has 0 spiro atoms. The number of amides is 3. The highest BCUT2D eigenvalue weighted by Gasteiger charge is 2.47. The summed E-state index contributed by atoms with van der Waals surface area (Å²) in [6.07, 6.45) is 3.18. The van der Waals surface area contributed by atoms with Gasteiger partial charge >= 0.3 is 11.5 Å². The van der Waals surface area contributed by atoms with E-state index in [4.69, 9.17) is 11.6 Å². The van der Waals surface area contributed by atoms with Crippen LogP contribution in [-0.2, 0) is 21.2 Å². The summed E-state index contributed by atoms with van der Waals surface area (Å²) in [5, 5.41) is 0.554. The summed E-state index contributed by atoms with van der Waals surface area (Å²) in [7, 11) is -5.55. The van der Waals surface area contributed by atoms with Gasteiger partial charge in [-0.2, -0.15) is 13.2 Å². The van der Waals surface area contributed by atoms with Gasteiger partial charge < -0.3 is 4.90 Å². The third-order valence-electron chi connectivity index (χ3n) is 5.60. The normalized spacial score (nSPS) is 16.8. The Labute approximate surface area is 203 Å². The van der Waals surface area contributed by atoms with Crippen LogP contribution in [0.1, 0.15) is 12.5 Å². The van der Waals surface area contributed by atoms with Gasteiger partial charge in [0.05, 0.1) is 10.6 Å². The van der Waals surface area contributed by atoms with Crippen LogP contribution in [0.4, 0.5) is 23.7 Å². The summed E-state index contributed by atoms with van der Waals surface area (Å²) >= 11 is 5.96. The number of alkyl halides is 3. The van der Waals surface area contributed by atoms with E-state index >= 15 is 0 Å². The SMILES string of the molecule is CC1C(=O)N(c2ccc(S(=O)(=O)C(F)(F)F)cc2)C(=O)N1Cc1ccncc1-c1ccc(Cl)cc1. The van der Waals surface area contributed by atoms with Crippen LogP contribution in [0, 0.1) is 0 Å². The Bertz CT molecular complexity index is 1390. The highest BCUT2D eigenvalue weighted by atomic mass is 35.5. The first-order chi connectivity index (χ1) is 16.4. The fourth-order valence-electron chi connectivity index (χ4n) is 3.69. The number of urea groups is 1. The van der Waals surface area contributed by atoms with Crippen molar-refractivity contribution < 1.29 is 31.2 Å². The summed E-state index contributed by atoms with van der Waals surface area (Å²) in [6.45, 7) is 1.59. The maximum absolute atomic E-state index is 13.2. The molecule has 182 valence electrons. The molecule has 7 nitrogen and oxygen atoms in total. The molecule has 4 rings (SSSR count). The second kappa shape index (κ2) is 8.97. The zero-order valence-corrected chi connectivity index (χ0v) is 19.6. The molecule has 1 fully saturated rings. The van der Waals surface area contributed by atoms with Crippen LogP contribution in [-0.4, -0.2) is 41.8 Å². The van der Waals surface area contributed by atoms with Crippen molar-refractivity contribution in [2.24, 2.45) is 0 Å². The Morgan fingerprint density at radius 3 is 2.23 bits per heavy atom. The van der Waals surface area contributed by atoms with E-state index in [-0.39, 0.29) is 12.2 Å². The summed E-state index contributed by atoms with van der Waals surface area (Å²) < 4.78 is 61.6. The van der Waals surface area contributed by atoms with Crippen LogP contribution in [0.15, 0.2) is 71.9 Å². The number of imide groups is 1. The Hall–Kier alpha value is -3.44. The minimum absolute atomic E-state index is 0.0388. The van der Waals surface area contributed by atoms with Gasteiger partial charge in [0.2, 0.25) is 0 Å². The Morgan fingerprint density at radius 2 is 1.63 bits per heavy atom. The highest BCUT2D eigenvalue weighted by molar-refractivity contribution is 7.92. The number of nitrogens with zero attached hydrogens (tertiary/aromatic N) is 3. The van der Waals surface area contributed by atoms with Gasteiger partial charge in [0, 0.05) is 29.5 Å². The summed E-state index contributed by atoms with van der Waals surface area (Å²) in [5.41, 5.74) is -3.25. The van der Waals surface area contributed by atoms with Gasteiger partial charge in [0.25, 0.3) is 15.7 Å². The number of hydrogen-bond donors (Lipinski definition) is 0. The van der Waals surface area contributed by atoms with E-state index in [1.807, 2.05) is 0 Å². The number of carbonyl (C=O) groups excluding carboxylic acids is 2. The average Bonchev–Trinajstić information content (AvgIpc) is 3.02. The lowest BCUT2D eigenvalue weighted by atomic mass is 10.0. The van der Waals surface area contributed by atoms with Crippen LogP contribution in [0.2, 0.25) is 5.02 Å². The van der Waals surface area contributed by atoms with Crippen molar-refractivity contribution in [1.29, 1.82) is 0 Å². The molecule has 2 heterocycles. The molecule has 1 saturated heterocycles. The van der Waals surface area contributed by atoms with Crippen molar-refractivity contribution in [3.63, 3.8) is 0 Å². The Balaban J connectivity index is 1.62. The van der Waals surface area contributed by atoms with Crippen molar-refractivity contribution >= 4 is 39.1 Å². The Morgan fingerprint density at radius 1 is 1.00 bits per heavy atom. The molecule has 0 aliphatic carbocycles. The zero-order chi connectivity index (χ0) is 25.5. The minimum Gasteiger partial charge on any atom is -0.308 e. The van der Waals surface area contributed by atoms with E-state index in [0.29, 0.717) is 22.7 Å². The standard InChI is InChI=1S/C23H17ClF3N3O4S/c1-14-21(31)30(18-6-8-19(9-7-18)35(33,34)23(25,26)27)22(32)29(14)13-16-10-11-28-12-20(16)15-2-4-17(24)5-3-15/h2-12,14H,13H2,1H3. The monoisotopic (exact) mass is 523 g/mol. The highest BCUT2D eigenvalue weighted by Crippen LogP contribution is 2.33. The summed E-state index contributed by atoms with van der Waals surface area (Å²) in [5.74, 6) is -0.594. The van der Waals surface area contributed by atoms with Crippen molar-refractivity contribution in [2.75, 3.05) is 4.90 Å². The molecule has 35 heavy (non-hydrogen) atoms. The number of aromatic nitrogens is 1. The topological polar surface area (TPSA) is 87.7 Å². The maximum atomic E-state index is 13.2. The van der Waals surface area contributed by atoms with Crippen LogP contribution in [0.3, 0.4) is 0 Å². The number of rotatable bonds is 5. The van der Waals surface area contributed by atoms with Gasteiger partial charge in [-0.05, 0) is 60.5 Å². The lowest BCUT2D eigenvalue weighted by molar-refractivity contribution is -0.119. The minimum atomic E-state index is -5.55. The number of sulfone groups is 1. The van der Waals surface area contributed by atoms with E-state index < -0.39 is 38.2 Å². The van der Waals surface area contributed by atoms with Crippen molar-refractivity contribution in [2.45, 2.75) is 29.9 Å². The molecule has 0 radical (unpaired) electrons. The molecular formula is C23H17ClF3N3O4S. The molecule has 1 unspecified atom stereocenters. The number of halogens is 4. The first kappa shape index (κ1) is 24.7. The van der Waals surface area contributed by atoms with Crippen LogP contribution >= 0.6 is 11.6 Å². The quantitative estimate of drug-likeness (QED) is 0.437. The molecule has 0 saturated carbocycles. The largest absolute Gasteiger partial charge is 0.501 e. The molecule has 1 aromatic heterocycles. The smallest absolute Gasteiger partial charge is 0.308 e. The summed E-state index contributed by atoms with van der Waals surface area (Å²) in [6, 6.07) is 10.6. The predicted molar refractivity (Wildman–Crippen MR) is 122 cm³/mol. The maximum Gasteiger partial charge on any atom is 0.501 e. The van der Waals surface area contributed by atoms with E-state index in [0.717, 1.165) is 28.2 Å². The van der Waals surface area contributed by atoms with Crippen molar-refractivity contribution in [3.8, 4) is 11.1 Å². The molecule has 2 aromatic carbocycles. The van der Waals surface area contributed by atoms with Crippen LogP contribution in [0.5, 0.6) is 0 Å². The number of benzene rings is 2. The number of hydrogen-bond acceptors (Lipinski definition) is 5. The lowest BCUT2D eigenvalue weighted by Gasteiger charge is -2.21. The number of carbonyl (C=O) groups is 2. The van der Waals surface area contributed by atoms with Crippen LogP contribution < -0.4 is 4.90 Å². The average molecular weight is 524 g/mol. The number of anilines is 1. The van der Waals surface area contributed by atoms with Gasteiger partial charge in [-0.25, -0.2) is 18.1 Å². The molecule has 0 bridgehead atoms. The van der Waals surface area contributed by atoms with Crippen LogP contribution in [0.25, 0.3) is 11.1 Å². The van der Waals surface area contributed by atoms with Gasteiger partial charge in [0.15, 0.2) is 0 Å². The predicted octanol–water partition coefficient (Wildman–Crippen LogP) is 5.05. The molecule has 12 heteroatoms. The molecule has 1 aliphatic rings. The van der Waals surface area contributed by atoms with E-state index in [1.165, 1.54) is 11.8 Å². The zero-order valence-electron chi connectivity index (χ0n) is 18.0. The lowest BCUT2D eigenvalue weighted by Crippen LogP contribution is -2.33. The van der Waals surface area contributed by atoms with Crippen molar-refractivity contribution in [3.05, 3.63) is 77.6 Å². The molecule has 3 amide bonds. The van der Waals surface area contributed by atoms with Crippen molar-refractivity contribution in [1.82, 2.24) is 9.88 Å². The second-order valence-corrected chi connectivity index (χ2v) is 10.1. The third kappa shape index (κ3) is 4.48. The van der Waals surface area contributed by atoms with Gasteiger partial charge in [-0.1, -0.05) is 23.7 Å². The molecular weight excluding hydrogens is 507 g/mol. The first-order valence-electron chi connectivity index (χ1n) is 10.2. The van der Waals surface area contributed by atoms with Gasteiger partial charge in [-0.3, -0.25) is 9.78 Å². The van der Waals surface area contributed by atoms with E-state index in [2.05, 4.69) is 4.98 Å². The van der Waals surface area contributed by atoms with Gasteiger partial charge in [0.1, 0.15) is 6.04 Å².